The van der Waals surface area contributed by atoms with Gasteiger partial charge in [0.05, 0.1) is 10.5 Å². The summed E-state index contributed by atoms with van der Waals surface area (Å²) in [6.07, 6.45) is 1.62. The Labute approximate surface area is 169 Å². The van der Waals surface area contributed by atoms with Gasteiger partial charge in [-0.3, -0.25) is 4.79 Å². The number of hydrogen-bond acceptors (Lipinski definition) is 5. The van der Waals surface area contributed by atoms with Crippen molar-refractivity contribution in [3.05, 3.63) is 59.9 Å². The van der Waals surface area contributed by atoms with Gasteiger partial charge in [-0.1, -0.05) is 24.3 Å². The molecule has 1 heterocycles. The standard InChI is InChI=1S/C19H21FN2O5S2/c1-28(24,25)17-8-4-5-9-18(17)29(26,27)21-14-10-12-22(13-11-14)19(23)15-6-2-3-7-16(15)20/h2-9,14,21H,10-13H2,1H3. The van der Waals surface area contributed by atoms with E-state index in [2.05, 4.69) is 4.72 Å². The lowest BCUT2D eigenvalue weighted by Crippen LogP contribution is -2.46. The van der Waals surface area contributed by atoms with Crippen LogP contribution in [0.2, 0.25) is 0 Å². The summed E-state index contributed by atoms with van der Waals surface area (Å²) in [4.78, 5) is 13.4. The molecule has 0 saturated carbocycles. The Hall–Kier alpha value is -2.30. The fourth-order valence-corrected chi connectivity index (χ4v) is 6.20. The highest BCUT2D eigenvalue weighted by molar-refractivity contribution is 7.93. The lowest BCUT2D eigenvalue weighted by Gasteiger charge is -2.32. The number of halogens is 1. The number of likely N-dealkylation sites (tertiary alicyclic amines) is 1. The Kier molecular flexibility index (Phi) is 6.06. The van der Waals surface area contributed by atoms with Gasteiger partial charge in [-0.2, -0.15) is 0 Å². The van der Waals surface area contributed by atoms with Gasteiger partial charge >= 0.3 is 0 Å². The van der Waals surface area contributed by atoms with E-state index in [1.54, 1.807) is 6.07 Å². The van der Waals surface area contributed by atoms with E-state index in [9.17, 15) is 26.0 Å². The van der Waals surface area contributed by atoms with Gasteiger partial charge in [-0.15, -0.1) is 0 Å². The number of rotatable bonds is 5. The summed E-state index contributed by atoms with van der Waals surface area (Å²) in [6.45, 7) is 0.516. The van der Waals surface area contributed by atoms with Gasteiger partial charge in [0.1, 0.15) is 10.7 Å². The zero-order valence-corrected chi connectivity index (χ0v) is 17.3. The molecule has 1 aliphatic rings. The summed E-state index contributed by atoms with van der Waals surface area (Å²) in [7, 11) is -7.78. The van der Waals surface area contributed by atoms with Crippen molar-refractivity contribution in [2.45, 2.75) is 28.7 Å². The number of amides is 1. The van der Waals surface area contributed by atoms with Crippen LogP contribution in [-0.4, -0.2) is 53.0 Å². The number of sulfonamides is 1. The molecule has 7 nitrogen and oxygen atoms in total. The molecular formula is C19H21FN2O5S2. The minimum absolute atomic E-state index is 0.0198. The summed E-state index contributed by atoms with van der Waals surface area (Å²) < 4.78 is 65.7. The number of nitrogens with one attached hydrogen (secondary N) is 1. The number of piperidine rings is 1. The van der Waals surface area contributed by atoms with Crippen molar-refractivity contribution in [2.24, 2.45) is 0 Å². The van der Waals surface area contributed by atoms with Gasteiger partial charge in [0.15, 0.2) is 9.84 Å². The molecule has 0 atom stereocenters. The molecule has 2 aromatic rings. The van der Waals surface area contributed by atoms with E-state index in [1.807, 2.05) is 0 Å². The first-order chi connectivity index (χ1) is 13.6. The van der Waals surface area contributed by atoms with Crippen LogP contribution in [0.25, 0.3) is 0 Å². The normalized spacial score (nSPS) is 16.0. The molecule has 1 amide bonds. The minimum Gasteiger partial charge on any atom is -0.338 e. The van der Waals surface area contributed by atoms with Crippen LogP contribution >= 0.6 is 0 Å². The first-order valence-electron chi connectivity index (χ1n) is 8.95. The zero-order chi connectivity index (χ0) is 21.2. The van der Waals surface area contributed by atoms with Crippen LogP contribution in [0.5, 0.6) is 0 Å². The Bertz CT molecular complexity index is 1120. The minimum atomic E-state index is -4.06. The molecule has 29 heavy (non-hydrogen) atoms. The van der Waals surface area contributed by atoms with E-state index >= 15 is 0 Å². The molecule has 0 unspecified atom stereocenters. The van der Waals surface area contributed by atoms with Gasteiger partial charge < -0.3 is 4.90 Å². The first-order valence-corrected chi connectivity index (χ1v) is 12.3. The van der Waals surface area contributed by atoms with Crippen LogP contribution in [0.4, 0.5) is 4.39 Å². The molecule has 1 N–H and O–H groups in total. The average molecular weight is 441 g/mol. The van der Waals surface area contributed by atoms with Crippen LogP contribution < -0.4 is 4.72 Å². The second-order valence-electron chi connectivity index (χ2n) is 6.89. The third-order valence-electron chi connectivity index (χ3n) is 4.75. The highest BCUT2D eigenvalue weighted by atomic mass is 32.2. The molecule has 1 aliphatic heterocycles. The fourth-order valence-electron chi connectivity index (χ4n) is 3.27. The molecule has 2 aromatic carbocycles. The number of carbonyl (C=O) groups is 1. The van der Waals surface area contributed by atoms with E-state index in [0.717, 1.165) is 6.26 Å². The topological polar surface area (TPSA) is 101 Å². The summed E-state index contributed by atoms with van der Waals surface area (Å²) in [5, 5.41) is 0. The van der Waals surface area contributed by atoms with E-state index in [4.69, 9.17) is 0 Å². The van der Waals surface area contributed by atoms with Crippen LogP contribution in [-0.2, 0) is 19.9 Å². The average Bonchev–Trinajstić information content (AvgIpc) is 2.67. The molecule has 0 aliphatic carbocycles. The Morgan fingerprint density at radius 2 is 1.52 bits per heavy atom. The number of benzene rings is 2. The van der Waals surface area contributed by atoms with Gasteiger partial charge in [-0.05, 0) is 37.1 Å². The Morgan fingerprint density at radius 3 is 2.10 bits per heavy atom. The smallest absolute Gasteiger partial charge is 0.256 e. The molecule has 156 valence electrons. The first kappa shape index (κ1) is 21.4. The van der Waals surface area contributed by atoms with E-state index in [1.165, 1.54) is 47.4 Å². The highest BCUT2D eigenvalue weighted by Crippen LogP contribution is 2.22. The van der Waals surface area contributed by atoms with Crippen molar-refractivity contribution >= 4 is 25.8 Å². The SMILES string of the molecule is CS(=O)(=O)c1ccccc1S(=O)(=O)NC1CCN(C(=O)c2ccccc2F)CC1. The molecule has 10 heteroatoms. The van der Waals surface area contributed by atoms with Crippen molar-refractivity contribution in [3.8, 4) is 0 Å². The van der Waals surface area contributed by atoms with Gasteiger partial charge in [-0.25, -0.2) is 25.9 Å². The Morgan fingerprint density at radius 1 is 0.966 bits per heavy atom. The van der Waals surface area contributed by atoms with Gasteiger partial charge in [0, 0.05) is 25.4 Å². The second-order valence-corrected chi connectivity index (χ2v) is 10.6. The van der Waals surface area contributed by atoms with E-state index in [-0.39, 0.29) is 28.4 Å². The maximum absolute atomic E-state index is 13.8. The molecule has 1 fully saturated rings. The van der Waals surface area contributed by atoms with Gasteiger partial charge in [0.2, 0.25) is 10.0 Å². The second kappa shape index (κ2) is 8.21. The molecule has 0 bridgehead atoms. The third kappa shape index (κ3) is 4.82. The largest absolute Gasteiger partial charge is 0.338 e. The van der Waals surface area contributed by atoms with Gasteiger partial charge in [0.25, 0.3) is 5.91 Å². The van der Waals surface area contributed by atoms with E-state index in [0.29, 0.717) is 12.8 Å². The quantitative estimate of drug-likeness (QED) is 0.764. The van der Waals surface area contributed by atoms with Crippen LogP contribution in [0.1, 0.15) is 23.2 Å². The number of nitrogens with zero attached hydrogens (tertiary/aromatic N) is 1. The van der Waals surface area contributed by atoms with Crippen LogP contribution in [0.15, 0.2) is 58.3 Å². The van der Waals surface area contributed by atoms with Crippen molar-refractivity contribution in [2.75, 3.05) is 19.3 Å². The molecular weight excluding hydrogens is 419 g/mol. The number of hydrogen-bond donors (Lipinski definition) is 1. The molecule has 0 radical (unpaired) electrons. The maximum Gasteiger partial charge on any atom is 0.256 e. The van der Waals surface area contributed by atoms with Crippen molar-refractivity contribution < 1.29 is 26.0 Å². The number of carbonyl (C=O) groups excluding carboxylic acids is 1. The zero-order valence-electron chi connectivity index (χ0n) is 15.7. The fraction of sp³-hybridized carbons (Fsp3) is 0.316. The van der Waals surface area contributed by atoms with E-state index < -0.39 is 37.6 Å². The third-order valence-corrected chi connectivity index (χ3v) is 7.61. The molecule has 3 rings (SSSR count). The van der Waals surface area contributed by atoms with Crippen molar-refractivity contribution in [1.82, 2.24) is 9.62 Å². The van der Waals surface area contributed by atoms with Crippen LogP contribution in [0.3, 0.4) is 0 Å². The Balaban J connectivity index is 1.70. The van der Waals surface area contributed by atoms with Crippen molar-refractivity contribution in [1.29, 1.82) is 0 Å². The summed E-state index contributed by atoms with van der Waals surface area (Å²) in [5.74, 6) is -1.04. The highest BCUT2D eigenvalue weighted by Gasteiger charge is 2.30. The molecule has 0 aromatic heterocycles. The summed E-state index contributed by atoms with van der Waals surface area (Å²) in [6, 6.07) is 10.7. The summed E-state index contributed by atoms with van der Waals surface area (Å²) >= 11 is 0. The molecule has 0 spiro atoms. The lowest BCUT2D eigenvalue weighted by molar-refractivity contribution is 0.0706. The monoisotopic (exact) mass is 440 g/mol. The number of sulfone groups is 1. The predicted octanol–water partition coefficient (Wildman–Crippen LogP) is 1.81. The maximum atomic E-state index is 13.8. The van der Waals surface area contributed by atoms with Crippen LogP contribution in [0, 0.1) is 5.82 Å². The summed E-state index contributed by atoms with van der Waals surface area (Å²) in [5.41, 5.74) is -0.0198. The van der Waals surface area contributed by atoms with Crippen molar-refractivity contribution in [3.63, 3.8) is 0 Å². The predicted molar refractivity (Wildman–Crippen MR) is 105 cm³/mol. The molecule has 1 saturated heterocycles. The lowest BCUT2D eigenvalue weighted by atomic mass is 10.0.